The molecular weight excluding hydrogens is 412 g/mol. The van der Waals surface area contributed by atoms with Crippen LogP contribution in [0.25, 0.3) is 11.0 Å². The zero-order chi connectivity index (χ0) is 23.3. The summed E-state index contributed by atoms with van der Waals surface area (Å²) in [5.74, 6) is -0.510. The van der Waals surface area contributed by atoms with Gasteiger partial charge in [0, 0.05) is 18.5 Å². The van der Waals surface area contributed by atoms with Crippen molar-refractivity contribution >= 4 is 34.3 Å². The molecule has 0 aliphatic carbocycles. The van der Waals surface area contributed by atoms with E-state index in [1.54, 1.807) is 29.8 Å². The van der Waals surface area contributed by atoms with Crippen LogP contribution in [0.15, 0.2) is 35.1 Å². The molecule has 0 aliphatic heterocycles. The summed E-state index contributed by atoms with van der Waals surface area (Å²) in [5.41, 5.74) is 1.84. The lowest BCUT2D eigenvalue weighted by Crippen LogP contribution is -2.17. The second kappa shape index (κ2) is 10.3. The van der Waals surface area contributed by atoms with E-state index < -0.39 is 18.0 Å². The molecule has 3 heterocycles. The first kappa shape index (κ1) is 23.3. The van der Waals surface area contributed by atoms with Crippen LogP contribution in [-0.4, -0.2) is 46.3 Å². The van der Waals surface area contributed by atoms with Crippen molar-refractivity contribution < 1.29 is 23.8 Å². The predicted octanol–water partition coefficient (Wildman–Crippen LogP) is 3.90. The van der Waals surface area contributed by atoms with E-state index in [9.17, 15) is 14.7 Å². The number of hydrogen-bond donors (Lipinski definition) is 3. The Labute approximate surface area is 186 Å². The quantitative estimate of drug-likeness (QED) is 0.408. The molecule has 0 aromatic carbocycles. The van der Waals surface area contributed by atoms with Crippen molar-refractivity contribution in [3.63, 3.8) is 0 Å². The molecule has 3 rings (SSSR count). The molecule has 3 aromatic heterocycles. The first-order valence-corrected chi connectivity index (χ1v) is 10.7. The minimum absolute atomic E-state index is 0.128. The Kier molecular flexibility index (Phi) is 7.53. The Morgan fingerprint density at radius 2 is 2.06 bits per heavy atom. The Bertz CT molecular complexity index is 1070. The van der Waals surface area contributed by atoms with Crippen LogP contribution in [0.3, 0.4) is 0 Å². The van der Waals surface area contributed by atoms with E-state index in [-0.39, 0.29) is 11.5 Å². The maximum Gasteiger partial charge on any atom is 0.356 e. The van der Waals surface area contributed by atoms with Gasteiger partial charge in [-0.25, -0.2) is 9.78 Å². The molecule has 0 unspecified atom stereocenters. The fraction of sp³-hybridized carbons (Fsp3) is 0.435. The van der Waals surface area contributed by atoms with Crippen LogP contribution in [0.1, 0.15) is 54.7 Å². The number of esters is 1. The summed E-state index contributed by atoms with van der Waals surface area (Å²) in [5, 5.41) is 16.1. The summed E-state index contributed by atoms with van der Waals surface area (Å²) in [6.45, 7) is 7.01. The number of amides is 1. The molecule has 0 fully saturated rings. The SMILES string of the molecule is COC(=O)c1c(NC(=O)c2ccco2)c2cc(NCC[C@H](C)O)cnc2n1CCC(C)C. The number of furan rings is 1. The number of nitrogens with zero attached hydrogens (tertiary/aromatic N) is 2. The molecule has 32 heavy (non-hydrogen) atoms. The third-order valence-corrected chi connectivity index (χ3v) is 5.08. The fourth-order valence-electron chi connectivity index (χ4n) is 3.37. The smallest absolute Gasteiger partial charge is 0.356 e. The highest BCUT2D eigenvalue weighted by Crippen LogP contribution is 2.33. The third-order valence-electron chi connectivity index (χ3n) is 5.08. The van der Waals surface area contributed by atoms with E-state index in [2.05, 4.69) is 29.5 Å². The normalized spacial score (nSPS) is 12.2. The largest absolute Gasteiger partial charge is 0.464 e. The van der Waals surface area contributed by atoms with Crippen LogP contribution in [0, 0.1) is 5.92 Å². The molecule has 9 nitrogen and oxygen atoms in total. The maximum absolute atomic E-state index is 12.8. The Morgan fingerprint density at radius 3 is 2.69 bits per heavy atom. The number of aliphatic hydroxyl groups is 1. The fourth-order valence-corrected chi connectivity index (χ4v) is 3.37. The van der Waals surface area contributed by atoms with Gasteiger partial charge >= 0.3 is 5.97 Å². The van der Waals surface area contributed by atoms with Gasteiger partial charge in [0.25, 0.3) is 5.91 Å². The van der Waals surface area contributed by atoms with Gasteiger partial charge in [-0.15, -0.1) is 0 Å². The summed E-state index contributed by atoms with van der Waals surface area (Å²) in [4.78, 5) is 30.1. The minimum Gasteiger partial charge on any atom is -0.464 e. The molecule has 1 amide bonds. The van der Waals surface area contributed by atoms with Gasteiger partial charge in [-0.2, -0.15) is 0 Å². The van der Waals surface area contributed by atoms with Crippen LogP contribution in [0.4, 0.5) is 11.4 Å². The standard InChI is InChI=1S/C23H30N4O5/c1-14(2)8-10-27-20(23(30)31-4)19(26-22(29)18-6-5-11-32-18)17-12-16(13-25-21(17)27)24-9-7-15(3)28/h5-6,11-15,24,28H,7-10H2,1-4H3,(H,26,29)/t15-/m0/s1. The summed E-state index contributed by atoms with van der Waals surface area (Å²) >= 11 is 0. The maximum atomic E-state index is 12.8. The van der Waals surface area contributed by atoms with E-state index in [0.29, 0.717) is 47.8 Å². The summed E-state index contributed by atoms with van der Waals surface area (Å²) in [6, 6.07) is 5.00. The van der Waals surface area contributed by atoms with Crippen molar-refractivity contribution in [3.8, 4) is 0 Å². The molecule has 0 saturated carbocycles. The van der Waals surface area contributed by atoms with E-state index >= 15 is 0 Å². The number of carbonyl (C=O) groups is 2. The third kappa shape index (κ3) is 5.28. The van der Waals surface area contributed by atoms with Gasteiger partial charge in [0.1, 0.15) is 5.65 Å². The molecule has 3 N–H and O–H groups in total. The van der Waals surface area contributed by atoms with Crippen LogP contribution >= 0.6 is 0 Å². The second-order valence-corrected chi connectivity index (χ2v) is 8.14. The monoisotopic (exact) mass is 442 g/mol. The first-order chi connectivity index (χ1) is 15.3. The van der Waals surface area contributed by atoms with Gasteiger partial charge in [0.2, 0.25) is 0 Å². The molecule has 0 aliphatic rings. The lowest BCUT2D eigenvalue weighted by Gasteiger charge is -2.12. The van der Waals surface area contributed by atoms with Crippen LogP contribution in [0.5, 0.6) is 0 Å². The predicted molar refractivity (Wildman–Crippen MR) is 122 cm³/mol. The average Bonchev–Trinajstić information content (AvgIpc) is 3.38. The van der Waals surface area contributed by atoms with Crippen LogP contribution in [0.2, 0.25) is 0 Å². The number of carbonyl (C=O) groups excluding carboxylic acids is 2. The number of methoxy groups -OCH3 is 1. The lowest BCUT2D eigenvalue weighted by atomic mass is 10.1. The molecule has 3 aromatic rings. The summed E-state index contributed by atoms with van der Waals surface area (Å²) in [6.07, 6.45) is 4.05. The van der Waals surface area contributed by atoms with Crippen molar-refractivity contribution in [2.24, 2.45) is 5.92 Å². The number of aliphatic hydroxyl groups excluding tert-OH is 1. The molecular formula is C23H30N4O5. The number of fused-ring (bicyclic) bond motifs is 1. The number of pyridine rings is 1. The molecule has 0 saturated heterocycles. The first-order valence-electron chi connectivity index (χ1n) is 10.7. The molecule has 0 spiro atoms. The van der Waals surface area contributed by atoms with Crippen molar-refractivity contribution in [1.82, 2.24) is 9.55 Å². The van der Waals surface area contributed by atoms with Crippen molar-refractivity contribution in [1.29, 1.82) is 0 Å². The number of rotatable bonds is 10. The highest BCUT2D eigenvalue weighted by Gasteiger charge is 2.27. The molecule has 1 atom stereocenters. The van der Waals surface area contributed by atoms with Crippen molar-refractivity contribution in [2.75, 3.05) is 24.3 Å². The Balaban J connectivity index is 2.10. The Morgan fingerprint density at radius 1 is 1.28 bits per heavy atom. The van der Waals surface area contributed by atoms with E-state index in [4.69, 9.17) is 9.15 Å². The number of aromatic nitrogens is 2. The van der Waals surface area contributed by atoms with Gasteiger partial charge < -0.3 is 29.5 Å². The highest BCUT2D eigenvalue weighted by atomic mass is 16.5. The molecule has 0 bridgehead atoms. The lowest BCUT2D eigenvalue weighted by molar-refractivity contribution is 0.0589. The number of aryl methyl sites for hydroxylation is 1. The van der Waals surface area contributed by atoms with Crippen molar-refractivity contribution in [2.45, 2.75) is 46.3 Å². The van der Waals surface area contributed by atoms with Gasteiger partial charge in [-0.3, -0.25) is 4.79 Å². The van der Waals surface area contributed by atoms with Gasteiger partial charge in [-0.1, -0.05) is 13.8 Å². The highest BCUT2D eigenvalue weighted by molar-refractivity contribution is 6.14. The average molecular weight is 443 g/mol. The van der Waals surface area contributed by atoms with E-state index in [0.717, 1.165) is 6.42 Å². The van der Waals surface area contributed by atoms with Gasteiger partial charge in [0.15, 0.2) is 11.5 Å². The van der Waals surface area contributed by atoms with Gasteiger partial charge in [0.05, 0.1) is 37.0 Å². The second-order valence-electron chi connectivity index (χ2n) is 8.14. The number of ether oxygens (including phenoxy) is 1. The minimum atomic E-state index is -0.565. The zero-order valence-electron chi connectivity index (χ0n) is 18.8. The Hall–Kier alpha value is -3.33. The van der Waals surface area contributed by atoms with Gasteiger partial charge in [-0.05, 0) is 43.9 Å². The molecule has 172 valence electrons. The number of anilines is 2. The van der Waals surface area contributed by atoms with Crippen LogP contribution in [-0.2, 0) is 11.3 Å². The van der Waals surface area contributed by atoms with Crippen LogP contribution < -0.4 is 10.6 Å². The summed E-state index contributed by atoms with van der Waals surface area (Å²) < 4.78 is 12.0. The van der Waals surface area contributed by atoms with Crippen molar-refractivity contribution in [3.05, 3.63) is 42.1 Å². The topological polar surface area (TPSA) is 119 Å². The van der Waals surface area contributed by atoms with E-state index in [1.807, 2.05) is 6.07 Å². The number of hydrogen-bond acceptors (Lipinski definition) is 7. The zero-order valence-corrected chi connectivity index (χ0v) is 18.8. The summed E-state index contributed by atoms with van der Waals surface area (Å²) in [7, 11) is 1.31. The molecule has 9 heteroatoms. The molecule has 0 radical (unpaired) electrons. The number of nitrogens with one attached hydrogen (secondary N) is 2. The van der Waals surface area contributed by atoms with E-state index in [1.165, 1.54) is 13.4 Å².